The number of carboxylic acid groups (broad SMARTS) is 1. The summed E-state index contributed by atoms with van der Waals surface area (Å²) in [5, 5.41) is 20.7. The van der Waals surface area contributed by atoms with Crippen molar-refractivity contribution < 1.29 is 52.1 Å². The first-order chi connectivity index (χ1) is 27.5. The summed E-state index contributed by atoms with van der Waals surface area (Å²) < 4.78 is 46.0. The number of fused-ring (bicyclic) bond motifs is 4. The molecule has 2 aliphatic carbocycles. The number of hydrogen-bond donors (Lipinski definition) is 3. The van der Waals surface area contributed by atoms with Crippen molar-refractivity contribution in [3.63, 3.8) is 0 Å². The Balaban J connectivity index is 1.33. The molecule has 12 nitrogen and oxygen atoms in total. The molecule has 3 heterocycles. The quantitative estimate of drug-likeness (QED) is 0.124. The second-order valence-corrected chi connectivity index (χ2v) is 15.6. The number of nitrogens with zero attached hydrogens (tertiary/aromatic N) is 3. The first-order valence-corrected chi connectivity index (χ1v) is 18.7. The van der Waals surface area contributed by atoms with Crippen LogP contribution < -0.4 is 15.1 Å². The van der Waals surface area contributed by atoms with Crippen molar-refractivity contribution in [1.29, 1.82) is 0 Å². The second-order valence-electron chi connectivity index (χ2n) is 14.3. The maximum Gasteiger partial charge on any atom is 0.417 e. The minimum absolute atomic E-state index is 0.0200. The van der Waals surface area contributed by atoms with Crippen molar-refractivity contribution in [2.45, 2.75) is 30.4 Å². The third kappa shape index (κ3) is 5.89. The van der Waals surface area contributed by atoms with Gasteiger partial charge in [0.2, 0.25) is 11.8 Å². The minimum Gasteiger partial charge on any atom is -0.503 e. The first kappa shape index (κ1) is 39.2. The highest BCUT2D eigenvalue weighted by atomic mass is 35.5. The number of amides is 4. The lowest BCUT2D eigenvalue weighted by Crippen LogP contribution is -2.53. The van der Waals surface area contributed by atoms with Gasteiger partial charge in [-0.3, -0.25) is 29.5 Å². The molecule has 4 aromatic rings. The van der Waals surface area contributed by atoms with E-state index in [-0.39, 0.29) is 40.4 Å². The standard InChI is InChI=1S/C40H28Cl3F3N4O8/c1-58-29-13-18(12-27(42)32(29)51)31-23-9-10-24-30(36(54)49(34(24)52)22-4-2-3-17(11-22)37(55)56)25(23)15-26-35(53)50(38(57)39(26,31)19-5-7-21(41)8-6-19)48-33-28(43)14-20(16-47-33)40(44,45)46/h2-9,11-14,16,24-26,30-31,51H,10,15H2,1H3,(H,47,48)(H,55,56)/t24-,25+,26-,30-,31-,39+/m0/s1. The van der Waals surface area contributed by atoms with Gasteiger partial charge in [-0.2, -0.15) is 18.2 Å². The predicted molar refractivity (Wildman–Crippen MR) is 202 cm³/mol. The molecule has 2 saturated heterocycles. The van der Waals surface area contributed by atoms with E-state index in [1.54, 1.807) is 18.2 Å². The Hall–Kier alpha value is -5.64. The summed E-state index contributed by atoms with van der Waals surface area (Å²) in [7, 11) is 1.29. The van der Waals surface area contributed by atoms with Crippen LogP contribution in [0.2, 0.25) is 15.1 Å². The molecule has 3 fully saturated rings. The molecular formula is C40H28Cl3F3N4O8. The number of phenolic OH excluding ortho intramolecular Hbond substituents is 1. The molecule has 0 spiro atoms. The Kier molecular flexibility index (Phi) is 9.48. The van der Waals surface area contributed by atoms with E-state index in [0.29, 0.717) is 33.4 Å². The number of imide groups is 2. The lowest BCUT2D eigenvalue weighted by molar-refractivity contribution is -0.139. The van der Waals surface area contributed by atoms with Crippen LogP contribution in [-0.2, 0) is 30.8 Å². The third-order valence-electron chi connectivity index (χ3n) is 11.5. The highest BCUT2D eigenvalue weighted by Gasteiger charge is 2.70. The van der Waals surface area contributed by atoms with E-state index in [1.165, 1.54) is 55.6 Å². The number of rotatable bonds is 7. The number of carbonyl (C=O) groups is 5. The van der Waals surface area contributed by atoms with E-state index in [1.807, 2.05) is 0 Å². The highest BCUT2D eigenvalue weighted by Crippen LogP contribution is 2.65. The lowest BCUT2D eigenvalue weighted by atomic mass is 9.49. The first-order valence-electron chi connectivity index (χ1n) is 17.6. The van der Waals surface area contributed by atoms with E-state index in [9.17, 15) is 42.6 Å². The fraction of sp³-hybridized carbons (Fsp3) is 0.250. The molecule has 6 atom stereocenters. The Morgan fingerprint density at radius 2 is 1.67 bits per heavy atom. The molecule has 1 aromatic heterocycles. The average molecular weight is 856 g/mol. The van der Waals surface area contributed by atoms with Gasteiger partial charge >= 0.3 is 12.1 Å². The number of methoxy groups -OCH3 is 1. The number of ether oxygens (including phenoxy) is 1. The van der Waals surface area contributed by atoms with Crippen molar-refractivity contribution in [3.8, 4) is 11.5 Å². The average Bonchev–Trinajstić information content (AvgIpc) is 3.57. The predicted octanol–water partition coefficient (Wildman–Crippen LogP) is 7.66. The molecular weight excluding hydrogens is 828 g/mol. The topological polar surface area (TPSA) is 166 Å². The van der Waals surface area contributed by atoms with E-state index in [2.05, 4.69) is 10.4 Å². The zero-order chi connectivity index (χ0) is 41.6. The number of carbonyl (C=O) groups excluding carboxylic acids is 4. The number of alkyl halides is 3. The maximum absolute atomic E-state index is 15.4. The smallest absolute Gasteiger partial charge is 0.417 e. The van der Waals surface area contributed by atoms with Crippen molar-refractivity contribution in [2.24, 2.45) is 23.7 Å². The van der Waals surface area contributed by atoms with Gasteiger partial charge < -0.3 is 14.9 Å². The van der Waals surface area contributed by atoms with Crippen LogP contribution in [0.25, 0.3) is 0 Å². The summed E-state index contributed by atoms with van der Waals surface area (Å²) in [4.78, 5) is 75.5. The number of carboxylic acids is 1. The van der Waals surface area contributed by atoms with Gasteiger partial charge in [0.15, 0.2) is 17.3 Å². The molecule has 2 aliphatic heterocycles. The Morgan fingerprint density at radius 1 is 0.948 bits per heavy atom. The Labute approximate surface area is 341 Å². The largest absolute Gasteiger partial charge is 0.503 e. The molecule has 298 valence electrons. The van der Waals surface area contributed by atoms with Gasteiger partial charge in [-0.1, -0.05) is 64.7 Å². The molecule has 0 bridgehead atoms. The number of aromatic hydroxyl groups is 1. The van der Waals surface area contributed by atoms with Gasteiger partial charge in [-0.05, 0) is 78.4 Å². The number of aromatic carboxylic acids is 1. The van der Waals surface area contributed by atoms with Crippen LogP contribution in [0.4, 0.5) is 24.7 Å². The summed E-state index contributed by atoms with van der Waals surface area (Å²) in [6.45, 7) is 0. The number of halogens is 6. The number of phenols is 1. The zero-order valence-electron chi connectivity index (χ0n) is 29.8. The van der Waals surface area contributed by atoms with Gasteiger partial charge in [0.25, 0.3) is 11.8 Å². The highest BCUT2D eigenvalue weighted by molar-refractivity contribution is 6.33. The van der Waals surface area contributed by atoms with Crippen LogP contribution in [0.3, 0.4) is 0 Å². The molecule has 1 saturated carbocycles. The van der Waals surface area contributed by atoms with Gasteiger partial charge in [0.1, 0.15) is 0 Å². The van der Waals surface area contributed by atoms with Gasteiger partial charge in [-0.15, -0.1) is 0 Å². The number of anilines is 2. The Bertz CT molecular complexity index is 2500. The monoisotopic (exact) mass is 854 g/mol. The number of benzene rings is 3. The molecule has 4 aliphatic rings. The lowest BCUT2D eigenvalue weighted by Gasteiger charge is -2.50. The van der Waals surface area contributed by atoms with E-state index >= 15 is 4.79 Å². The van der Waals surface area contributed by atoms with Crippen LogP contribution >= 0.6 is 34.8 Å². The molecule has 0 radical (unpaired) electrons. The SMILES string of the molecule is COc1cc([C@H]2C3=CC[C@@H]4C(=O)N(c5cccc(C(=O)O)c5)C(=O)[C@@H]4[C@@H]3C[C@H]3C(=O)N(Nc4ncc(C(F)(F)F)cc4Cl)C(=O)[C@@]23c2ccc(Cl)cc2)cc(Cl)c1O. The van der Waals surface area contributed by atoms with Crippen LogP contribution in [0, 0.1) is 23.7 Å². The van der Waals surface area contributed by atoms with Crippen LogP contribution in [0.15, 0.2) is 84.6 Å². The normalized spacial score (nSPS) is 25.3. The Morgan fingerprint density at radius 3 is 2.33 bits per heavy atom. The molecule has 58 heavy (non-hydrogen) atoms. The van der Waals surface area contributed by atoms with Crippen molar-refractivity contribution in [2.75, 3.05) is 17.4 Å². The number of pyridine rings is 1. The molecule has 0 unspecified atom stereocenters. The summed E-state index contributed by atoms with van der Waals surface area (Å²) in [5.74, 6) is -10.5. The number of aromatic nitrogens is 1. The fourth-order valence-corrected chi connectivity index (χ4v) is 9.66. The van der Waals surface area contributed by atoms with Crippen LogP contribution in [0.1, 0.15) is 45.8 Å². The van der Waals surface area contributed by atoms with E-state index in [0.717, 1.165) is 4.90 Å². The summed E-state index contributed by atoms with van der Waals surface area (Å²) in [6, 6.07) is 15.0. The van der Waals surface area contributed by atoms with E-state index in [4.69, 9.17) is 39.5 Å². The van der Waals surface area contributed by atoms with Gasteiger partial charge in [0, 0.05) is 17.1 Å². The molecule has 8 rings (SSSR count). The zero-order valence-corrected chi connectivity index (χ0v) is 32.0. The maximum atomic E-state index is 15.4. The summed E-state index contributed by atoms with van der Waals surface area (Å²) in [6.07, 6.45) is -2.70. The molecule has 4 amide bonds. The molecule has 3 N–H and O–H groups in total. The second kappa shape index (κ2) is 14.0. The van der Waals surface area contributed by atoms with Gasteiger partial charge in [-0.25, -0.2) is 9.78 Å². The van der Waals surface area contributed by atoms with Crippen LogP contribution in [-0.4, -0.2) is 56.9 Å². The van der Waals surface area contributed by atoms with Crippen LogP contribution in [0.5, 0.6) is 11.5 Å². The fourth-order valence-electron chi connectivity index (χ4n) is 9.11. The third-order valence-corrected chi connectivity index (χ3v) is 12.3. The number of nitrogens with one attached hydrogen (secondary N) is 1. The van der Waals surface area contributed by atoms with E-state index < -0.39 is 92.9 Å². The van der Waals surface area contributed by atoms with Crippen molar-refractivity contribution in [3.05, 3.63) is 122 Å². The van der Waals surface area contributed by atoms with Gasteiger partial charge in [0.05, 0.1) is 57.1 Å². The van der Waals surface area contributed by atoms with Crippen molar-refractivity contribution >= 4 is 75.9 Å². The number of hydrogen-bond acceptors (Lipinski definition) is 9. The molecule has 3 aromatic carbocycles. The summed E-state index contributed by atoms with van der Waals surface area (Å²) in [5.41, 5.74) is 0.481. The minimum atomic E-state index is -4.79. The number of hydrazine groups is 1. The number of allylic oxidation sites excluding steroid dienone is 2. The van der Waals surface area contributed by atoms with Crippen molar-refractivity contribution in [1.82, 2.24) is 9.99 Å². The molecule has 18 heteroatoms. The summed E-state index contributed by atoms with van der Waals surface area (Å²) >= 11 is 19.1.